The number of halogens is 2. The maximum absolute atomic E-state index is 3.97. The molecule has 4 aromatic heterocycles. The van der Waals surface area contributed by atoms with Crippen LogP contribution in [-0.4, -0.2) is 0 Å². The molecule has 0 radical (unpaired) electrons. The maximum Gasteiger partial charge on any atom is 0.0442 e. The largest absolute Gasteiger partial charge is 0.143 e. The standard InChI is InChI=1S/C34H40Br2S4/c1-5-9-11-21(7-3)17-27-25(35)19-29(39-27)31-23-13-15-38-34(23)32(24-14-16-37-33(24)31)30-20-26(36)28(40-30)18-22(8-4)12-10-6-2/h13-16,19-22H,5-12,17-18H2,1-4H3. The molecule has 6 heteroatoms. The molecule has 2 atom stereocenters. The van der Waals surface area contributed by atoms with Gasteiger partial charge < -0.3 is 0 Å². The molecular weight excluding hydrogens is 696 g/mol. The molecule has 0 fully saturated rings. The molecule has 0 spiro atoms. The summed E-state index contributed by atoms with van der Waals surface area (Å²) < 4.78 is 5.44. The first-order valence-electron chi connectivity index (χ1n) is 15.0. The number of rotatable bonds is 14. The molecular formula is C34H40Br2S4. The van der Waals surface area contributed by atoms with Crippen LogP contribution in [-0.2, 0) is 12.8 Å². The van der Waals surface area contributed by atoms with E-state index in [9.17, 15) is 0 Å². The highest BCUT2D eigenvalue weighted by Gasteiger charge is 2.23. The number of benzene rings is 1. The third-order valence-electron chi connectivity index (χ3n) is 8.37. The molecule has 0 saturated carbocycles. The molecule has 40 heavy (non-hydrogen) atoms. The van der Waals surface area contributed by atoms with Gasteiger partial charge in [0.1, 0.15) is 0 Å². The topological polar surface area (TPSA) is 0 Å². The Morgan fingerprint density at radius 3 is 1.45 bits per heavy atom. The number of unbranched alkanes of at least 4 members (excludes halogenated alkanes) is 2. The van der Waals surface area contributed by atoms with Gasteiger partial charge in [0, 0.05) is 59.8 Å². The Labute approximate surface area is 273 Å². The zero-order chi connectivity index (χ0) is 28.2. The highest BCUT2D eigenvalue weighted by molar-refractivity contribution is 9.11. The SMILES string of the molecule is CCCCC(CC)Cc1sc(-c2c3ccsc3c(-c3cc(Br)c(CC(CC)CCCC)s3)c3ccsc23)cc1Br. The monoisotopic (exact) mass is 734 g/mol. The second-order valence-electron chi connectivity index (χ2n) is 11.1. The molecule has 0 N–H and O–H groups in total. The minimum Gasteiger partial charge on any atom is -0.143 e. The number of fused-ring (bicyclic) bond motifs is 2. The van der Waals surface area contributed by atoms with Crippen molar-refractivity contribution in [2.45, 2.75) is 91.9 Å². The molecule has 0 bridgehead atoms. The summed E-state index contributed by atoms with van der Waals surface area (Å²) in [4.78, 5) is 5.83. The fourth-order valence-electron chi connectivity index (χ4n) is 5.88. The van der Waals surface area contributed by atoms with E-state index in [4.69, 9.17) is 0 Å². The van der Waals surface area contributed by atoms with Crippen LogP contribution < -0.4 is 0 Å². The van der Waals surface area contributed by atoms with Crippen LogP contribution in [0.5, 0.6) is 0 Å². The molecule has 5 rings (SSSR count). The van der Waals surface area contributed by atoms with Crippen molar-refractivity contribution in [3.05, 3.63) is 53.7 Å². The highest BCUT2D eigenvalue weighted by Crippen LogP contribution is 2.52. The highest BCUT2D eigenvalue weighted by atomic mass is 79.9. The number of hydrogen-bond donors (Lipinski definition) is 0. The van der Waals surface area contributed by atoms with E-state index >= 15 is 0 Å². The van der Waals surface area contributed by atoms with Crippen LogP contribution in [0.2, 0.25) is 0 Å². The van der Waals surface area contributed by atoms with Crippen LogP contribution in [0.25, 0.3) is 41.1 Å². The van der Waals surface area contributed by atoms with Crippen molar-refractivity contribution in [2.75, 3.05) is 0 Å². The first-order chi connectivity index (χ1) is 19.5. The summed E-state index contributed by atoms with van der Waals surface area (Å²) in [5.74, 6) is 1.54. The van der Waals surface area contributed by atoms with Gasteiger partial charge in [-0.05, 0) is 91.6 Å². The Morgan fingerprint density at radius 1 is 0.650 bits per heavy atom. The summed E-state index contributed by atoms with van der Waals surface area (Å²) >= 11 is 15.8. The summed E-state index contributed by atoms with van der Waals surface area (Å²) in [6.07, 6.45) is 12.8. The van der Waals surface area contributed by atoms with Gasteiger partial charge in [-0.15, -0.1) is 45.3 Å². The lowest BCUT2D eigenvalue weighted by atomic mass is 9.95. The van der Waals surface area contributed by atoms with Gasteiger partial charge in [-0.2, -0.15) is 0 Å². The van der Waals surface area contributed by atoms with Crippen molar-refractivity contribution in [1.29, 1.82) is 0 Å². The van der Waals surface area contributed by atoms with E-state index in [1.807, 2.05) is 45.3 Å². The normalized spacial score (nSPS) is 13.6. The van der Waals surface area contributed by atoms with Gasteiger partial charge >= 0.3 is 0 Å². The van der Waals surface area contributed by atoms with Crippen molar-refractivity contribution in [1.82, 2.24) is 0 Å². The predicted octanol–water partition coefficient (Wildman–Crippen LogP) is 14.6. The van der Waals surface area contributed by atoms with E-state index in [1.165, 1.54) is 124 Å². The Balaban J connectivity index is 1.56. The predicted molar refractivity (Wildman–Crippen MR) is 193 cm³/mol. The van der Waals surface area contributed by atoms with Gasteiger partial charge in [-0.25, -0.2) is 0 Å². The van der Waals surface area contributed by atoms with Gasteiger partial charge in [-0.3, -0.25) is 0 Å². The average molecular weight is 737 g/mol. The van der Waals surface area contributed by atoms with E-state index in [0.29, 0.717) is 0 Å². The van der Waals surface area contributed by atoms with E-state index in [1.54, 1.807) is 0 Å². The van der Waals surface area contributed by atoms with E-state index in [2.05, 4.69) is 94.6 Å². The van der Waals surface area contributed by atoms with Gasteiger partial charge in [0.05, 0.1) is 0 Å². The number of thiophene rings is 4. The minimum absolute atomic E-state index is 0.772. The average Bonchev–Trinajstić information content (AvgIpc) is 3.75. The van der Waals surface area contributed by atoms with Crippen molar-refractivity contribution in [2.24, 2.45) is 11.8 Å². The summed E-state index contributed by atoms with van der Waals surface area (Å²) in [6, 6.07) is 9.53. The second-order valence-corrected chi connectivity index (χ2v) is 16.9. The Kier molecular flexibility index (Phi) is 11.1. The molecule has 4 heterocycles. The van der Waals surface area contributed by atoms with Gasteiger partial charge in [-0.1, -0.05) is 79.1 Å². The summed E-state index contributed by atoms with van der Waals surface area (Å²) in [7, 11) is 0. The lowest BCUT2D eigenvalue weighted by Crippen LogP contribution is -2.02. The molecule has 0 aliphatic heterocycles. The van der Waals surface area contributed by atoms with E-state index in [0.717, 1.165) is 11.8 Å². The van der Waals surface area contributed by atoms with Crippen molar-refractivity contribution >= 4 is 97.4 Å². The summed E-state index contributed by atoms with van der Waals surface area (Å²) in [5.41, 5.74) is 2.87. The second kappa shape index (κ2) is 14.3. The van der Waals surface area contributed by atoms with E-state index in [-0.39, 0.29) is 0 Å². The van der Waals surface area contributed by atoms with Crippen LogP contribution in [0.15, 0.2) is 44.0 Å². The van der Waals surface area contributed by atoms with Gasteiger partial charge in [0.2, 0.25) is 0 Å². The smallest absolute Gasteiger partial charge is 0.0442 e. The summed E-state index contributed by atoms with van der Waals surface area (Å²) in [6.45, 7) is 9.32. The molecule has 214 valence electrons. The third-order valence-corrected chi connectivity index (χ3v) is 14.5. The Hall–Kier alpha value is -0.500. The van der Waals surface area contributed by atoms with Gasteiger partial charge in [0.25, 0.3) is 0 Å². The molecule has 0 saturated heterocycles. The fraction of sp³-hybridized carbons (Fsp3) is 0.471. The minimum atomic E-state index is 0.772. The summed E-state index contributed by atoms with van der Waals surface area (Å²) in [5, 5.41) is 7.41. The van der Waals surface area contributed by atoms with Crippen LogP contribution in [0.1, 0.15) is 88.8 Å². The Morgan fingerprint density at radius 2 is 1.07 bits per heavy atom. The van der Waals surface area contributed by atoms with Crippen molar-refractivity contribution in [3.8, 4) is 20.9 Å². The van der Waals surface area contributed by atoms with Crippen LogP contribution in [0.4, 0.5) is 0 Å². The quantitative estimate of drug-likeness (QED) is 0.106. The first kappa shape index (κ1) is 30.9. The van der Waals surface area contributed by atoms with Crippen LogP contribution >= 0.6 is 77.2 Å². The zero-order valence-corrected chi connectivity index (χ0v) is 30.5. The van der Waals surface area contributed by atoms with Crippen LogP contribution in [0, 0.1) is 11.8 Å². The molecule has 0 aliphatic carbocycles. The molecule has 0 nitrogen and oxygen atoms in total. The maximum atomic E-state index is 3.97. The molecule has 1 aromatic carbocycles. The van der Waals surface area contributed by atoms with Gasteiger partial charge in [0.15, 0.2) is 0 Å². The fourth-order valence-corrected chi connectivity index (χ4v) is 12.0. The molecule has 5 aromatic rings. The molecule has 2 unspecified atom stereocenters. The lowest BCUT2D eigenvalue weighted by Gasteiger charge is -2.13. The van der Waals surface area contributed by atoms with E-state index < -0.39 is 0 Å². The third kappa shape index (κ3) is 6.53. The zero-order valence-electron chi connectivity index (χ0n) is 24.1. The van der Waals surface area contributed by atoms with Crippen molar-refractivity contribution < 1.29 is 0 Å². The Bertz CT molecular complexity index is 1390. The first-order valence-corrected chi connectivity index (χ1v) is 19.9. The molecule has 0 aliphatic rings. The molecule has 0 amide bonds. The lowest BCUT2D eigenvalue weighted by molar-refractivity contribution is 0.451. The number of hydrogen-bond acceptors (Lipinski definition) is 4. The van der Waals surface area contributed by atoms with Crippen molar-refractivity contribution in [3.63, 3.8) is 0 Å². The van der Waals surface area contributed by atoms with Crippen LogP contribution in [0.3, 0.4) is 0 Å².